The van der Waals surface area contributed by atoms with Crippen LogP contribution in [0, 0.1) is 5.92 Å². The van der Waals surface area contributed by atoms with Gasteiger partial charge in [0.2, 0.25) is 5.91 Å². The van der Waals surface area contributed by atoms with Crippen LogP contribution in [0.4, 0.5) is 0 Å². The fraction of sp³-hybridized carbons (Fsp3) is 0.643. The number of hydrogen-bond donors (Lipinski definition) is 1. The fourth-order valence-corrected chi connectivity index (χ4v) is 3.12. The van der Waals surface area contributed by atoms with Gasteiger partial charge < -0.3 is 10.6 Å². The first kappa shape index (κ1) is 13.6. The number of carbonyl (C=O) groups is 1. The first-order valence-corrected chi connectivity index (χ1v) is 7.39. The minimum atomic E-state index is -0.682. The number of nitrogens with zero attached hydrogens (tertiary/aromatic N) is 1. The van der Waals surface area contributed by atoms with Crippen LogP contribution in [0.25, 0.3) is 0 Å². The molecule has 1 saturated carbocycles. The van der Waals surface area contributed by atoms with Crippen molar-refractivity contribution in [1.29, 1.82) is 0 Å². The Bertz CT molecular complexity index is 409. The third-order valence-electron chi connectivity index (χ3n) is 3.94. The van der Waals surface area contributed by atoms with Gasteiger partial charge in [-0.25, -0.2) is 0 Å². The lowest BCUT2D eigenvalue weighted by atomic mass is 9.94. The molecule has 0 bridgehead atoms. The van der Waals surface area contributed by atoms with E-state index in [4.69, 9.17) is 5.73 Å². The van der Waals surface area contributed by atoms with E-state index in [9.17, 15) is 4.79 Å². The van der Waals surface area contributed by atoms with E-state index < -0.39 is 5.54 Å². The molecule has 1 amide bonds. The van der Waals surface area contributed by atoms with Crippen LogP contribution in [-0.2, 0) is 11.2 Å². The van der Waals surface area contributed by atoms with Crippen molar-refractivity contribution < 1.29 is 4.79 Å². The molecule has 2 unspecified atom stereocenters. The molecule has 0 aliphatic heterocycles. The molecule has 1 aliphatic carbocycles. The van der Waals surface area contributed by atoms with Crippen molar-refractivity contribution in [3.05, 3.63) is 22.4 Å². The number of hydrogen-bond acceptors (Lipinski definition) is 3. The smallest absolute Gasteiger partial charge is 0.242 e. The highest BCUT2D eigenvalue weighted by atomic mass is 32.1. The molecule has 0 saturated heterocycles. The molecule has 1 heterocycles. The van der Waals surface area contributed by atoms with Gasteiger partial charge in [0.15, 0.2) is 0 Å². The SMILES string of the molecule is CC(Cc1cccs1)N(C)C(=O)C(C)(N)C1CC1. The highest BCUT2D eigenvalue weighted by molar-refractivity contribution is 7.09. The summed E-state index contributed by atoms with van der Waals surface area (Å²) in [7, 11) is 1.87. The van der Waals surface area contributed by atoms with E-state index in [1.807, 2.05) is 24.9 Å². The lowest BCUT2D eigenvalue weighted by molar-refractivity contribution is -0.137. The monoisotopic (exact) mass is 266 g/mol. The van der Waals surface area contributed by atoms with Gasteiger partial charge in [0.25, 0.3) is 0 Å². The summed E-state index contributed by atoms with van der Waals surface area (Å²) in [6.45, 7) is 3.96. The van der Waals surface area contributed by atoms with E-state index in [1.165, 1.54) is 4.88 Å². The zero-order chi connectivity index (χ0) is 13.3. The number of rotatable bonds is 5. The molecule has 0 radical (unpaired) electrons. The predicted octanol–water partition coefficient (Wildman–Crippen LogP) is 2.26. The Morgan fingerprint density at radius 1 is 1.67 bits per heavy atom. The molecule has 1 aromatic heterocycles. The second kappa shape index (κ2) is 5.02. The van der Waals surface area contributed by atoms with Gasteiger partial charge in [0, 0.05) is 24.4 Å². The molecule has 0 spiro atoms. The minimum Gasteiger partial charge on any atom is -0.341 e. The summed E-state index contributed by atoms with van der Waals surface area (Å²) in [4.78, 5) is 15.6. The minimum absolute atomic E-state index is 0.0778. The second-order valence-corrected chi connectivity index (χ2v) is 6.64. The first-order chi connectivity index (χ1) is 8.43. The van der Waals surface area contributed by atoms with Crippen LogP contribution in [0.1, 0.15) is 31.6 Å². The third kappa shape index (κ3) is 2.75. The van der Waals surface area contributed by atoms with Gasteiger partial charge in [-0.3, -0.25) is 4.79 Å². The molecule has 1 aliphatic rings. The van der Waals surface area contributed by atoms with Crippen LogP contribution in [0.5, 0.6) is 0 Å². The van der Waals surface area contributed by atoms with E-state index in [1.54, 1.807) is 11.3 Å². The summed E-state index contributed by atoms with van der Waals surface area (Å²) in [6, 6.07) is 4.35. The molecule has 4 heteroatoms. The number of nitrogens with two attached hydrogens (primary N) is 1. The summed E-state index contributed by atoms with van der Waals surface area (Å²) in [5, 5.41) is 2.07. The van der Waals surface area contributed by atoms with E-state index in [2.05, 4.69) is 18.4 Å². The number of carbonyl (C=O) groups excluding carboxylic acids is 1. The molecule has 18 heavy (non-hydrogen) atoms. The van der Waals surface area contributed by atoms with Gasteiger partial charge >= 0.3 is 0 Å². The highest BCUT2D eigenvalue weighted by Crippen LogP contribution is 2.39. The van der Waals surface area contributed by atoms with Gasteiger partial charge in [-0.1, -0.05) is 6.07 Å². The zero-order valence-corrected chi connectivity index (χ0v) is 12.2. The summed E-state index contributed by atoms with van der Waals surface area (Å²) in [6.07, 6.45) is 3.08. The number of likely N-dealkylation sites (N-methyl/N-ethyl adjacent to an activating group) is 1. The molecule has 100 valence electrons. The van der Waals surface area contributed by atoms with Gasteiger partial charge in [-0.05, 0) is 44.1 Å². The Morgan fingerprint density at radius 2 is 2.33 bits per heavy atom. The van der Waals surface area contributed by atoms with Crippen LogP contribution in [-0.4, -0.2) is 29.4 Å². The van der Waals surface area contributed by atoms with Crippen molar-refractivity contribution in [1.82, 2.24) is 4.90 Å². The molecule has 1 aromatic rings. The maximum absolute atomic E-state index is 12.4. The highest BCUT2D eigenvalue weighted by Gasteiger charge is 2.45. The Balaban J connectivity index is 1.97. The largest absolute Gasteiger partial charge is 0.341 e. The zero-order valence-electron chi connectivity index (χ0n) is 11.3. The van der Waals surface area contributed by atoms with E-state index in [-0.39, 0.29) is 11.9 Å². The molecular weight excluding hydrogens is 244 g/mol. The molecule has 0 aromatic carbocycles. The maximum atomic E-state index is 12.4. The van der Waals surface area contributed by atoms with Crippen LogP contribution in [0.2, 0.25) is 0 Å². The van der Waals surface area contributed by atoms with Gasteiger partial charge in [-0.15, -0.1) is 11.3 Å². The molecule has 1 fully saturated rings. The average Bonchev–Trinajstić information content (AvgIpc) is 3.08. The second-order valence-electron chi connectivity index (χ2n) is 5.61. The topological polar surface area (TPSA) is 46.3 Å². The Kier molecular flexibility index (Phi) is 3.78. The average molecular weight is 266 g/mol. The Labute approximate surface area is 113 Å². The predicted molar refractivity (Wildman–Crippen MR) is 75.6 cm³/mol. The van der Waals surface area contributed by atoms with E-state index >= 15 is 0 Å². The molecular formula is C14H22N2OS. The van der Waals surface area contributed by atoms with Crippen LogP contribution >= 0.6 is 11.3 Å². The molecule has 2 N–H and O–H groups in total. The fourth-order valence-electron chi connectivity index (χ4n) is 2.29. The van der Waals surface area contributed by atoms with Gasteiger partial charge in [-0.2, -0.15) is 0 Å². The van der Waals surface area contributed by atoms with E-state index in [0.29, 0.717) is 5.92 Å². The van der Waals surface area contributed by atoms with Crippen molar-refractivity contribution in [2.24, 2.45) is 11.7 Å². The summed E-state index contributed by atoms with van der Waals surface area (Å²) < 4.78 is 0. The van der Waals surface area contributed by atoms with E-state index in [0.717, 1.165) is 19.3 Å². The van der Waals surface area contributed by atoms with Crippen molar-refractivity contribution in [3.63, 3.8) is 0 Å². The van der Waals surface area contributed by atoms with Crippen LogP contribution in [0.15, 0.2) is 17.5 Å². The molecule has 3 nitrogen and oxygen atoms in total. The lowest BCUT2D eigenvalue weighted by Gasteiger charge is -2.33. The summed E-state index contributed by atoms with van der Waals surface area (Å²) in [5.41, 5.74) is 5.51. The van der Waals surface area contributed by atoms with Crippen molar-refractivity contribution in [2.45, 2.75) is 44.7 Å². The standard InChI is InChI=1S/C14H22N2OS/c1-10(9-12-5-4-8-18-12)16(3)13(17)14(2,15)11-6-7-11/h4-5,8,10-11H,6-7,9,15H2,1-3H3. The summed E-state index contributed by atoms with van der Waals surface area (Å²) >= 11 is 1.74. The number of thiophene rings is 1. The Morgan fingerprint density at radius 3 is 2.83 bits per heavy atom. The van der Waals surface area contributed by atoms with Crippen LogP contribution in [0.3, 0.4) is 0 Å². The third-order valence-corrected chi connectivity index (χ3v) is 4.84. The van der Waals surface area contributed by atoms with Crippen LogP contribution < -0.4 is 5.73 Å². The maximum Gasteiger partial charge on any atom is 0.242 e. The lowest BCUT2D eigenvalue weighted by Crippen LogP contribution is -2.56. The van der Waals surface area contributed by atoms with Crippen molar-refractivity contribution >= 4 is 17.2 Å². The molecule has 2 rings (SSSR count). The quantitative estimate of drug-likeness (QED) is 0.888. The Hall–Kier alpha value is -0.870. The number of amides is 1. The van der Waals surface area contributed by atoms with Gasteiger partial charge in [0.1, 0.15) is 0 Å². The molecule has 2 atom stereocenters. The summed E-state index contributed by atoms with van der Waals surface area (Å²) in [5.74, 6) is 0.454. The van der Waals surface area contributed by atoms with Crippen molar-refractivity contribution in [3.8, 4) is 0 Å². The first-order valence-electron chi connectivity index (χ1n) is 6.51. The normalized spacial score (nSPS) is 20.2. The van der Waals surface area contributed by atoms with Gasteiger partial charge in [0.05, 0.1) is 5.54 Å². The van der Waals surface area contributed by atoms with Crippen molar-refractivity contribution in [2.75, 3.05) is 7.05 Å².